The van der Waals surface area contributed by atoms with E-state index in [0.717, 1.165) is 0 Å². The quantitative estimate of drug-likeness (QED) is 0.206. The summed E-state index contributed by atoms with van der Waals surface area (Å²) in [6.45, 7) is 9.56. The van der Waals surface area contributed by atoms with E-state index in [1.807, 2.05) is 0 Å². The highest BCUT2D eigenvalue weighted by molar-refractivity contribution is 4.75. The van der Waals surface area contributed by atoms with E-state index in [1.165, 1.54) is 122 Å². The molecule has 0 unspecified atom stereocenters. The van der Waals surface area contributed by atoms with E-state index in [2.05, 4.69) is 27.7 Å². The van der Waals surface area contributed by atoms with Crippen molar-refractivity contribution in [2.45, 2.75) is 150 Å². The Kier molecular flexibility index (Phi) is 17.8. The summed E-state index contributed by atoms with van der Waals surface area (Å²) < 4.78 is 0. The van der Waals surface area contributed by atoms with Gasteiger partial charge in [0, 0.05) is 0 Å². The zero-order chi connectivity index (χ0) is 17.9. The molecule has 0 aliphatic heterocycles. The maximum atomic E-state index is 2.61. The lowest BCUT2D eigenvalue weighted by Gasteiger charge is -2.30. The maximum Gasteiger partial charge on any atom is -0.0326 e. The minimum absolute atomic E-state index is 0.642. The van der Waals surface area contributed by atoms with Gasteiger partial charge in [0.25, 0.3) is 0 Å². The normalized spacial score (nSPS) is 12.0. The summed E-state index contributed by atoms with van der Waals surface area (Å²) in [5, 5.41) is 0. The predicted octanol–water partition coefficient (Wildman–Crippen LogP) is 9.46. The predicted molar refractivity (Wildman–Crippen MR) is 113 cm³/mol. The van der Waals surface area contributed by atoms with Gasteiger partial charge in [0.2, 0.25) is 0 Å². The molecule has 0 nitrogen and oxygen atoms in total. The highest BCUT2D eigenvalue weighted by Crippen LogP contribution is 2.36. The van der Waals surface area contributed by atoms with Crippen LogP contribution in [0.2, 0.25) is 0 Å². The van der Waals surface area contributed by atoms with Gasteiger partial charge in [-0.25, -0.2) is 0 Å². The molecule has 0 fully saturated rings. The van der Waals surface area contributed by atoms with Gasteiger partial charge in [0.15, 0.2) is 0 Å². The Balaban J connectivity index is 4.00. The molecule has 146 valence electrons. The van der Waals surface area contributed by atoms with Crippen LogP contribution in [0.5, 0.6) is 0 Å². The van der Waals surface area contributed by atoms with Crippen LogP contribution in [0.15, 0.2) is 0 Å². The number of rotatable bonds is 19. The first kappa shape index (κ1) is 24.0. The third kappa shape index (κ3) is 15.5. The van der Waals surface area contributed by atoms with Gasteiger partial charge in [-0.2, -0.15) is 0 Å². The monoisotopic (exact) mass is 338 g/mol. The summed E-state index contributed by atoms with van der Waals surface area (Å²) >= 11 is 0. The fraction of sp³-hybridized carbons (Fsp3) is 1.00. The molecule has 0 aromatic carbocycles. The van der Waals surface area contributed by atoms with Crippen LogP contribution in [0.25, 0.3) is 0 Å². The lowest BCUT2D eigenvalue weighted by Crippen LogP contribution is -2.16. The highest BCUT2D eigenvalue weighted by atomic mass is 14.3. The van der Waals surface area contributed by atoms with E-state index < -0.39 is 0 Å². The van der Waals surface area contributed by atoms with Crippen molar-refractivity contribution >= 4 is 0 Å². The Morgan fingerprint density at radius 1 is 0.375 bits per heavy atom. The number of hydrogen-bond donors (Lipinski definition) is 0. The second-order valence-electron chi connectivity index (χ2n) is 8.66. The molecule has 0 atom stereocenters. The summed E-state index contributed by atoms with van der Waals surface area (Å²) in [5.41, 5.74) is 0.642. The van der Waals surface area contributed by atoms with E-state index in [9.17, 15) is 0 Å². The molecule has 0 bridgehead atoms. The molecule has 0 radical (unpaired) electrons. The van der Waals surface area contributed by atoms with Gasteiger partial charge >= 0.3 is 0 Å². The first-order valence-corrected chi connectivity index (χ1v) is 11.7. The van der Waals surface area contributed by atoms with Gasteiger partial charge in [0.05, 0.1) is 0 Å². The Bertz CT molecular complexity index is 216. The van der Waals surface area contributed by atoms with Gasteiger partial charge in [-0.05, 0) is 24.7 Å². The molecular weight excluding hydrogens is 288 g/mol. The maximum absolute atomic E-state index is 2.61. The van der Waals surface area contributed by atoms with Crippen LogP contribution >= 0.6 is 0 Å². The van der Waals surface area contributed by atoms with E-state index >= 15 is 0 Å². The average Bonchev–Trinajstić information content (AvgIpc) is 2.58. The van der Waals surface area contributed by atoms with Crippen molar-refractivity contribution in [2.75, 3.05) is 0 Å². The van der Waals surface area contributed by atoms with Crippen LogP contribution in [0.4, 0.5) is 0 Å². The zero-order valence-corrected chi connectivity index (χ0v) is 17.9. The van der Waals surface area contributed by atoms with Crippen molar-refractivity contribution in [3.8, 4) is 0 Å². The summed E-state index contributed by atoms with van der Waals surface area (Å²) in [6, 6.07) is 0. The summed E-state index contributed by atoms with van der Waals surface area (Å²) in [5.74, 6) is 0. The molecule has 0 amide bonds. The van der Waals surface area contributed by atoms with Gasteiger partial charge < -0.3 is 0 Å². The first-order chi connectivity index (χ1) is 11.7. The zero-order valence-electron chi connectivity index (χ0n) is 17.9. The van der Waals surface area contributed by atoms with Crippen molar-refractivity contribution in [2.24, 2.45) is 5.41 Å². The van der Waals surface area contributed by atoms with E-state index in [-0.39, 0.29) is 0 Å². The van der Waals surface area contributed by atoms with Crippen molar-refractivity contribution in [3.05, 3.63) is 0 Å². The molecule has 0 aromatic rings. The third-order valence-electron chi connectivity index (χ3n) is 5.90. The van der Waals surface area contributed by atoms with Crippen molar-refractivity contribution in [3.63, 3.8) is 0 Å². The lowest BCUT2D eigenvalue weighted by molar-refractivity contribution is 0.222. The minimum atomic E-state index is 0.642. The minimum Gasteiger partial charge on any atom is -0.0654 e. The highest BCUT2D eigenvalue weighted by Gasteiger charge is 2.22. The second kappa shape index (κ2) is 17.8. The molecule has 0 spiro atoms. The molecule has 0 saturated heterocycles. The van der Waals surface area contributed by atoms with Gasteiger partial charge in [0.1, 0.15) is 0 Å². The fourth-order valence-electron chi connectivity index (χ4n) is 4.02. The van der Waals surface area contributed by atoms with Gasteiger partial charge in [-0.1, -0.05) is 130 Å². The summed E-state index contributed by atoms with van der Waals surface area (Å²) in [6.07, 6.45) is 27.5. The molecule has 0 aliphatic carbocycles. The average molecular weight is 339 g/mol. The van der Waals surface area contributed by atoms with E-state index in [4.69, 9.17) is 0 Å². The molecule has 0 heteroatoms. The smallest absolute Gasteiger partial charge is 0.0326 e. The lowest BCUT2D eigenvalue weighted by atomic mass is 9.75. The summed E-state index contributed by atoms with van der Waals surface area (Å²) in [7, 11) is 0. The van der Waals surface area contributed by atoms with E-state index in [0.29, 0.717) is 5.41 Å². The SMILES string of the molecule is CCCCCCCCC(C)(CCCCCCC)CCCCCCC. The van der Waals surface area contributed by atoms with Crippen LogP contribution in [0.3, 0.4) is 0 Å². The molecule has 0 N–H and O–H groups in total. The Hall–Kier alpha value is 0. The molecule has 0 saturated carbocycles. The van der Waals surface area contributed by atoms with Crippen LogP contribution in [0.1, 0.15) is 150 Å². The van der Waals surface area contributed by atoms with Crippen molar-refractivity contribution in [1.82, 2.24) is 0 Å². The molecule has 0 rings (SSSR count). The molecule has 0 aromatic heterocycles. The van der Waals surface area contributed by atoms with Crippen LogP contribution < -0.4 is 0 Å². The van der Waals surface area contributed by atoms with E-state index in [1.54, 1.807) is 0 Å². The third-order valence-corrected chi connectivity index (χ3v) is 5.90. The van der Waals surface area contributed by atoms with Crippen molar-refractivity contribution < 1.29 is 0 Å². The second-order valence-corrected chi connectivity index (χ2v) is 8.66. The Labute approximate surface area is 155 Å². The standard InChI is InChI=1S/C24H50/c1-5-8-11-14-17-20-23-24(4,21-18-15-12-9-6-2)22-19-16-13-10-7-3/h5-23H2,1-4H3. The first-order valence-electron chi connectivity index (χ1n) is 11.7. The van der Waals surface area contributed by atoms with Crippen molar-refractivity contribution in [1.29, 1.82) is 0 Å². The molecule has 0 heterocycles. The Morgan fingerprint density at radius 2 is 0.625 bits per heavy atom. The largest absolute Gasteiger partial charge is 0.0654 e. The number of unbranched alkanes of at least 4 members (excludes halogenated alkanes) is 13. The van der Waals surface area contributed by atoms with Crippen LogP contribution in [-0.2, 0) is 0 Å². The summed E-state index contributed by atoms with van der Waals surface area (Å²) in [4.78, 5) is 0. The topological polar surface area (TPSA) is 0 Å². The fourth-order valence-corrected chi connectivity index (χ4v) is 4.02. The van der Waals surface area contributed by atoms with Gasteiger partial charge in [-0.3, -0.25) is 0 Å². The molecule has 24 heavy (non-hydrogen) atoms. The number of hydrogen-bond acceptors (Lipinski definition) is 0. The molecular formula is C24H50. The molecule has 0 aliphatic rings. The Morgan fingerprint density at radius 3 is 0.917 bits per heavy atom. The van der Waals surface area contributed by atoms with Crippen LogP contribution in [0, 0.1) is 5.41 Å². The van der Waals surface area contributed by atoms with Gasteiger partial charge in [-0.15, -0.1) is 0 Å². The van der Waals surface area contributed by atoms with Crippen LogP contribution in [-0.4, -0.2) is 0 Å².